The molecule has 28 heavy (non-hydrogen) atoms. The number of hydrogen-bond donors (Lipinski definition) is 0. The molecule has 0 radical (unpaired) electrons. The van der Waals surface area contributed by atoms with E-state index in [1.165, 1.54) is 12.1 Å². The molecular formula is C23H20FN3O. The van der Waals surface area contributed by atoms with Crippen molar-refractivity contribution in [3.05, 3.63) is 84.6 Å². The summed E-state index contributed by atoms with van der Waals surface area (Å²) in [4.78, 5) is 15.0. The van der Waals surface area contributed by atoms with E-state index in [0.29, 0.717) is 6.61 Å². The number of nitrogens with zero attached hydrogens (tertiary/aromatic N) is 3. The van der Waals surface area contributed by atoms with Crippen LogP contribution in [0.5, 0.6) is 0 Å². The van der Waals surface area contributed by atoms with Gasteiger partial charge < -0.3 is 4.84 Å². The molecule has 4 rings (SSSR count). The third-order valence-corrected chi connectivity index (χ3v) is 4.44. The van der Waals surface area contributed by atoms with Crippen molar-refractivity contribution < 1.29 is 9.23 Å². The van der Waals surface area contributed by atoms with E-state index in [4.69, 9.17) is 9.82 Å². The predicted molar refractivity (Wildman–Crippen MR) is 109 cm³/mol. The molecule has 0 unspecified atom stereocenters. The second kappa shape index (κ2) is 7.27. The van der Waals surface area contributed by atoms with Gasteiger partial charge in [-0.25, -0.2) is 4.39 Å². The highest BCUT2D eigenvalue weighted by Crippen LogP contribution is 2.39. The van der Waals surface area contributed by atoms with Crippen molar-refractivity contribution in [2.45, 2.75) is 13.8 Å². The Hall–Kier alpha value is -3.47. The number of benzene rings is 1. The molecule has 0 spiro atoms. The zero-order valence-electron chi connectivity index (χ0n) is 15.8. The van der Waals surface area contributed by atoms with E-state index in [1.807, 2.05) is 38.1 Å². The van der Waals surface area contributed by atoms with E-state index in [1.54, 1.807) is 29.3 Å². The number of hydrogen-bond acceptors (Lipinski definition) is 3. The molecule has 140 valence electrons. The van der Waals surface area contributed by atoms with Gasteiger partial charge in [0.1, 0.15) is 23.5 Å². The summed E-state index contributed by atoms with van der Waals surface area (Å²) in [6.07, 6.45) is 3.48. The summed E-state index contributed by atoms with van der Waals surface area (Å²) >= 11 is 0. The van der Waals surface area contributed by atoms with Crippen LogP contribution in [-0.2, 0) is 0 Å². The molecule has 4 aromatic rings. The van der Waals surface area contributed by atoms with Gasteiger partial charge in [-0.05, 0) is 61.4 Å². The fraction of sp³-hybridized carbons (Fsp3) is 0.130. The van der Waals surface area contributed by atoms with Crippen molar-refractivity contribution in [3.63, 3.8) is 0 Å². The molecule has 0 saturated carbocycles. The van der Waals surface area contributed by atoms with Crippen molar-refractivity contribution in [2.75, 3.05) is 6.61 Å². The molecule has 5 heteroatoms. The van der Waals surface area contributed by atoms with E-state index in [0.717, 1.165) is 44.7 Å². The number of aryl methyl sites for hydroxylation is 1. The number of fused-ring (bicyclic) bond motifs is 1. The fourth-order valence-electron chi connectivity index (χ4n) is 3.20. The minimum atomic E-state index is -0.277. The van der Waals surface area contributed by atoms with Crippen LogP contribution in [0.1, 0.15) is 12.6 Å². The van der Waals surface area contributed by atoms with E-state index in [9.17, 15) is 4.39 Å². The van der Waals surface area contributed by atoms with Gasteiger partial charge in [-0.3, -0.25) is 9.97 Å². The van der Waals surface area contributed by atoms with E-state index >= 15 is 0 Å². The van der Waals surface area contributed by atoms with E-state index in [-0.39, 0.29) is 5.82 Å². The summed E-state index contributed by atoms with van der Waals surface area (Å²) in [6, 6.07) is 14.2. The molecule has 0 aliphatic rings. The number of aromatic nitrogens is 3. The Balaban J connectivity index is 2.08. The topological polar surface area (TPSA) is 39.9 Å². The number of rotatable bonds is 5. The lowest BCUT2D eigenvalue weighted by Crippen LogP contribution is -2.14. The highest BCUT2D eigenvalue weighted by molar-refractivity contribution is 6.02. The molecule has 0 saturated heterocycles. The summed E-state index contributed by atoms with van der Waals surface area (Å²) in [6.45, 7) is 8.18. The normalized spacial score (nSPS) is 11.0. The van der Waals surface area contributed by atoms with Crippen molar-refractivity contribution in [1.82, 2.24) is 14.7 Å². The molecule has 0 fully saturated rings. The first-order valence-electron chi connectivity index (χ1n) is 9.00. The zero-order chi connectivity index (χ0) is 19.7. The van der Waals surface area contributed by atoms with Crippen molar-refractivity contribution in [1.29, 1.82) is 0 Å². The van der Waals surface area contributed by atoms with Crippen LogP contribution in [0.2, 0.25) is 0 Å². The van der Waals surface area contributed by atoms with Gasteiger partial charge in [0.2, 0.25) is 0 Å². The maximum absolute atomic E-state index is 13.6. The molecule has 3 aromatic heterocycles. The molecule has 0 N–H and O–H groups in total. The van der Waals surface area contributed by atoms with Crippen LogP contribution in [0.4, 0.5) is 4.39 Å². The molecular weight excluding hydrogens is 353 g/mol. The zero-order valence-corrected chi connectivity index (χ0v) is 15.8. The van der Waals surface area contributed by atoms with Crippen molar-refractivity contribution in [2.24, 2.45) is 0 Å². The van der Waals surface area contributed by atoms with Crippen molar-refractivity contribution in [3.8, 4) is 22.4 Å². The maximum atomic E-state index is 13.6. The van der Waals surface area contributed by atoms with Gasteiger partial charge >= 0.3 is 0 Å². The highest BCUT2D eigenvalue weighted by atomic mass is 19.1. The van der Waals surface area contributed by atoms with Crippen LogP contribution < -0.4 is 4.84 Å². The van der Waals surface area contributed by atoms with Gasteiger partial charge in [-0.2, -0.15) is 4.73 Å². The minimum Gasteiger partial charge on any atom is -0.409 e. The molecule has 3 heterocycles. The van der Waals surface area contributed by atoms with Gasteiger partial charge in [0.15, 0.2) is 0 Å². The van der Waals surface area contributed by atoms with Gasteiger partial charge in [0.25, 0.3) is 0 Å². The fourth-order valence-corrected chi connectivity index (χ4v) is 3.20. The molecule has 0 bridgehead atoms. The quantitative estimate of drug-likeness (QED) is 0.451. The van der Waals surface area contributed by atoms with Crippen LogP contribution >= 0.6 is 0 Å². The largest absolute Gasteiger partial charge is 0.409 e. The molecule has 0 aliphatic heterocycles. The van der Waals surface area contributed by atoms with Gasteiger partial charge in [0.05, 0.1) is 5.69 Å². The minimum absolute atomic E-state index is 0.277. The third-order valence-electron chi connectivity index (χ3n) is 4.44. The molecule has 0 atom stereocenters. The monoisotopic (exact) mass is 373 g/mol. The Kier molecular flexibility index (Phi) is 4.65. The van der Waals surface area contributed by atoms with E-state index < -0.39 is 0 Å². The lowest BCUT2D eigenvalue weighted by atomic mass is 10.0. The van der Waals surface area contributed by atoms with Crippen LogP contribution in [0, 0.1) is 12.7 Å². The summed E-state index contributed by atoms with van der Waals surface area (Å²) in [7, 11) is 0. The Labute approximate surface area is 162 Å². The molecule has 0 aliphatic carbocycles. The van der Waals surface area contributed by atoms with Gasteiger partial charge in [-0.15, -0.1) is 0 Å². The Morgan fingerprint density at radius 2 is 1.75 bits per heavy atom. The average molecular weight is 373 g/mol. The second-order valence-corrected chi connectivity index (χ2v) is 6.81. The van der Waals surface area contributed by atoms with Crippen LogP contribution in [-0.4, -0.2) is 21.3 Å². The first kappa shape index (κ1) is 17.9. The van der Waals surface area contributed by atoms with E-state index in [2.05, 4.69) is 11.6 Å². The first-order chi connectivity index (χ1) is 13.5. The summed E-state index contributed by atoms with van der Waals surface area (Å²) in [5, 5.41) is 0. The second-order valence-electron chi connectivity index (χ2n) is 6.81. The standard InChI is InChI=1S/C23H20FN3O/c1-15(2)14-28-27-20-9-4-16(3)26-22(20)21(17-5-7-19(24)8-6-17)23(27)18-10-12-25-13-11-18/h4-13H,1,14H2,2-3H3. The summed E-state index contributed by atoms with van der Waals surface area (Å²) < 4.78 is 15.4. The van der Waals surface area contributed by atoms with Gasteiger partial charge in [-0.1, -0.05) is 18.7 Å². The lowest BCUT2D eigenvalue weighted by Gasteiger charge is -2.13. The smallest absolute Gasteiger partial charge is 0.135 e. The number of halogens is 1. The maximum Gasteiger partial charge on any atom is 0.135 e. The molecule has 1 aromatic carbocycles. The number of pyridine rings is 2. The molecule has 4 nitrogen and oxygen atoms in total. The Morgan fingerprint density at radius 1 is 1.04 bits per heavy atom. The van der Waals surface area contributed by atoms with Crippen LogP contribution in [0.3, 0.4) is 0 Å². The molecule has 0 amide bonds. The van der Waals surface area contributed by atoms with Gasteiger partial charge in [0, 0.05) is 29.2 Å². The SMILES string of the molecule is C=C(C)COn1c(-c2ccncc2)c(-c2ccc(F)cc2)c2nc(C)ccc21. The Bertz CT molecular complexity index is 1150. The first-order valence-corrected chi connectivity index (χ1v) is 9.00. The summed E-state index contributed by atoms with van der Waals surface area (Å²) in [5.74, 6) is -0.277. The van der Waals surface area contributed by atoms with Crippen molar-refractivity contribution >= 4 is 11.0 Å². The Morgan fingerprint density at radius 3 is 2.43 bits per heavy atom. The summed E-state index contributed by atoms with van der Waals surface area (Å²) in [5.41, 5.74) is 7.01. The predicted octanol–water partition coefficient (Wildman–Crippen LogP) is 5.22. The van der Waals surface area contributed by atoms with Crippen LogP contribution in [0.25, 0.3) is 33.4 Å². The average Bonchev–Trinajstić information content (AvgIpc) is 3.01. The van der Waals surface area contributed by atoms with Crippen LogP contribution in [0.15, 0.2) is 73.1 Å². The highest BCUT2D eigenvalue weighted by Gasteiger charge is 2.22. The third kappa shape index (κ3) is 3.27. The lowest BCUT2D eigenvalue weighted by molar-refractivity contribution is 0.144.